The van der Waals surface area contributed by atoms with Gasteiger partial charge in [-0.15, -0.1) is 0 Å². The summed E-state index contributed by atoms with van der Waals surface area (Å²) in [5.74, 6) is 0.212. The Morgan fingerprint density at radius 2 is 0.736 bits per heavy atom. The van der Waals surface area contributed by atoms with E-state index in [0.29, 0.717) is 18.6 Å². The fraction of sp³-hybridized carbons (Fsp3) is 0.820. The standard InChI is InChI=1S/C50H90O3/c1-3-5-7-9-11-13-15-19-24-28-32-36-40-44-49(52)45-41-37-33-29-25-22-18-17-21-23-27-31-35-39-43-48(47-51)50(53)46-42-38-34-30-26-20-16-14-12-10-8-6-4-2/h17,21-22,25,33,37,47-48H,3-16,18-20,23-24,26-32,34-36,38-46H2,1-2H3. The van der Waals surface area contributed by atoms with Crippen molar-refractivity contribution in [2.75, 3.05) is 0 Å². The maximum atomic E-state index is 12.5. The smallest absolute Gasteiger partial charge is 0.143 e. The number of carbonyl (C=O) groups excluding carboxylic acids is 3. The zero-order valence-electron chi connectivity index (χ0n) is 35.7. The lowest BCUT2D eigenvalue weighted by Gasteiger charge is -2.09. The molecule has 308 valence electrons. The van der Waals surface area contributed by atoms with Crippen molar-refractivity contribution in [2.45, 2.75) is 258 Å². The first-order valence-corrected chi connectivity index (χ1v) is 23.6. The van der Waals surface area contributed by atoms with Crippen molar-refractivity contribution >= 4 is 17.9 Å². The molecule has 0 saturated heterocycles. The van der Waals surface area contributed by atoms with Crippen LogP contribution in [0.2, 0.25) is 0 Å². The predicted octanol–water partition coefficient (Wildman–Crippen LogP) is 16.5. The van der Waals surface area contributed by atoms with Gasteiger partial charge in [0.25, 0.3) is 0 Å². The van der Waals surface area contributed by atoms with Gasteiger partial charge < -0.3 is 4.79 Å². The predicted molar refractivity (Wildman–Crippen MR) is 234 cm³/mol. The minimum atomic E-state index is -0.380. The van der Waals surface area contributed by atoms with Crippen LogP contribution in [0.3, 0.4) is 0 Å². The molecule has 0 heterocycles. The van der Waals surface area contributed by atoms with Crippen molar-refractivity contribution < 1.29 is 14.4 Å². The average molecular weight is 739 g/mol. The quantitative estimate of drug-likeness (QED) is 0.0271. The second-order valence-electron chi connectivity index (χ2n) is 16.1. The molecule has 0 aliphatic rings. The van der Waals surface area contributed by atoms with E-state index in [1.54, 1.807) is 0 Å². The summed E-state index contributed by atoms with van der Waals surface area (Å²) in [7, 11) is 0. The van der Waals surface area contributed by atoms with Gasteiger partial charge in [-0.25, -0.2) is 0 Å². The summed E-state index contributed by atoms with van der Waals surface area (Å²) < 4.78 is 0. The molecule has 0 spiro atoms. The third-order valence-electron chi connectivity index (χ3n) is 10.9. The van der Waals surface area contributed by atoms with Gasteiger partial charge in [-0.1, -0.05) is 224 Å². The molecule has 0 saturated carbocycles. The molecular formula is C50H90O3. The van der Waals surface area contributed by atoms with Crippen LogP contribution in [0.4, 0.5) is 0 Å². The van der Waals surface area contributed by atoms with E-state index in [0.717, 1.165) is 83.3 Å². The Bertz CT molecular complexity index is 868. The molecule has 0 amide bonds. The molecule has 0 radical (unpaired) electrons. The Morgan fingerprint density at radius 1 is 0.377 bits per heavy atom. The Hall–Kier alpha value is -1.77. The molecular weight excluding hydrogens is 649 g/mol. The normalized spacial score (nSPS) is 12.5. The van der Waals surface area contributed by atoms with Crippen LogP contribution in [0.25, 0.3) is 0 Å². The first-order valence-electron chi connectivity index (χ1n) is 23.6. The van der Waals surface area contributed by atoms with Gasteiger partial charge >= 0.3 is 0 Å². The molecule has 1 unspecified atom stereocenters. The molecule has 0 aromatic rings. The van der Waals surface area contributed by atoms with Crippen molar-refractivity contribution in [2.24, 2.45) is 5.92 Å². The van der Waals surface area contributed by atoms with Gasteiger partial charge in [-0.05, 0) is 51.4 Å². The molecule has 3 heteroatoms. The number of rotatable bonds is 44. The number of carbonyl (C=O) groups is 3. The summed E-state index contributed by atoms with van der Waals surface area (Å²) in [6.45, 7) is 4.55. The zero-order chi connectivity index (χ0) is 38.6. The average Bonchev–Trinajstić information content (AvgIpc) is 3.16. The monoisotopic (exact) mass is 739 g/mol. The molecule has 0 aliphatic carbocycles. The van der Waals surface area contributed by atoms with Crippen LogP contribution in [0.15, 0.2) is 36.5 Å². The molecule has 1 atom stereocenters. The fourth-order valence-electron chi connectivity index (χ4n) is 7.27. The summed E-state index contributed by atoms with van der Waals surface area (Å²) in [6.07, 6.45) is 59.7. The van der Waals surface area contributed by atoms with Crippen LogP contribution in [-0.2, 0) is 14.4 Å². The Morgan fingerprint density at radius 3 is 1.19 bits per heavy atom. The minimum Gasteiger partial charge on any atom is -0.303 e. The first-order chi connectivity index (χ1) is 26.2. The van der Waals surface area contributed by atoms with Crippen molar-refractivity contribution in [1.82, 2.24) is 0 Å². The molecule has 0 N–H and O–H groups in total. The highest BCUT2D eigenvalue weighted by Crippen LogP contribution is 2.17. The molecule has 53 heavy (non-hydrogen) atoms. The Labute approximate surface area is 331 Å². The number of hydrogen-bond acceptors (Lipinski definition) is 3. The fourth-order valence-corrected chi connectivity index (χ4v) is 7.27. The molecule has 0 rings (SSSR count). The van der Waals surface area contributed by atoms with Gasteiger partial charge in [0.2, 0.25) is 0 Å². The van der Waals surface area contributed by atoms with E-state index in [-0.39, 0.29) is 11.7 Å². The maximum Gasteiger partial charge on any atom is 0.143 e. The molecule has 0 aromatic heterocycles. The van der Waals surface area contributed by atoms with Gasteiger partial charge in [-0.3, -0.25) is 9.59 Å². The van der Waals surface area contributed by atoms with Gasteiger partial charge in [0.15, 0.2) is 0 Å². The van der Waals surface area contributed by atoms with E-state index < -0.39 is 0 Å². The first kappa shape index (κ1) is 51.2. The number of Topliss-reactive ketones (excluding diaryl/α,β-unsaturated/α-hetero) is 2. The van der Waals surface area contributed by atoms with Crippen LogP contribution < -0.4 is 0 Å². The van der Waals surface area contributed by atoms with E-state index in [4.69, 9.17) is 0 Å². The topological polar surface area (TPSA) is 51.2 Å². The van der Waals surface area contributed by atoms with Crippen LogP contribution in [0, 0.1) is 5.92 Å². The molecule has 0 aromatic carbocycles. The van der Waals surface area contributed by atoms with E-state index in [1.165, 1.54) is 154 Å². The second-order valence-corrected chi connectivity index (χ2v) is 16.1. The lowest BCUT2D eigenvalue weighted by molar-refractivity contribution is -0.127. The Balaban J connectivity index is 3.54. The summed E-state index contributed by atoms with van der Waals surface area (Å²) in [5, 5.41) is 0. The summed E-state index contributed by atoms with van der Waals surface area (Å²) >= 11 is 0. The van der Waals surface area contributed by atoms with Gasteiger partial charge in [0, 0.05) is 19.3 Å². The molecule has 0 fully saturated rings. The van der Waals surface area contributed by atoms with Crippen LogP contribution in [0.5, 0.6) is 0 Å². The van der Waals surface area contributed by atoms with Crippen LogP contribution in [-0.4, -0.2) is 17.9 Å². The number of ketones is 2. The van der Waals surface area contributed by atoms with E-state index in [9.17, 15) is 14.4 Å². The zero-order valence-corrected chi connectivity index (χ0v) is 35.7. The highest BCUT2D eigenvalue weighted by atomic mass is 16.1. The van der Waals surface area contributed by atoms with Gasteiger partial charge in [-0.2, -0.15) is 0 Å². The maximum absolute atomic E-state index is 12.5. The number of allylic oxidation sites excluding steroid dienone is 6. The van der Waals surface area contributed by atoms with Gasteiger partial charge in [0.05, 0.1) is 5.92 Å². The lowest BCUT2D eigenvalue weighted by Crippen LogP contribution is -2.15. The summed E-state index contributed by atoms with van der Waals surface area (Å²) in [4.78, 5) is 36.2. The van der Waals surface area contributed by atoms with Crippen molar-refractivity contribution in [1.29, 1.82) is 0 Å². The lowest BCUT2D eigenvalue weighted by atomic mass is 9.94. The minimum absolute atomic E-state index is 0.167. The van der Waals surface area contributed by atoms with Crippen molar-refractivity contribution in [3.63, 3.8) is 0 Å². The highest BCUT2D eigenvalue weighted by Gasteiger charge is 2.16. The molecule has 0 bridgehead atoms. The van der Waals surface area contributed by atoms with E-state index in [1.807, 2.05) is 0 Å². The SMILES string of the molecule is CCCCCCCCCCCCCCCC(=O)CCC=CCC=CCC=CCCCCCCC(C=O)C(=O)CCCCCCCCCCCCCCC. The van der Waals surface area contributed by atoms with Crippen LogP contribution in [0.1, 0.15) is 258 Å². The van der Waals surface area contributed by atoms with Crippen LogP contribution >= 0.6 is 0 Å². The van der Waals surface area contributed by atoms with Gasteiger partial charge in [0.1, 0.15) is 17.9 Å². The third kappa shape index (κ3) is 41.2. The molecule has 3 nitrogen and oxygen atoms in total. The van der Waals surface area contributed by atoms with E-state index in [2.05, 4.69) is 50.3 Å². The Kier molecular flexibility index (Phi) is 43.1. The van der Waals surface area contributed by atoms with E-state index >= 15 is 0 Å². The van der Waals surface area contributed by atoms with Crippen molar-refractivity contribution in [3.8, 4) is 0 Å². The van der Waals surface area contributed by atoms with Crippen molar-refractivity contribution in [3.05, 3.63) is 36.5 Å². The second kappa shape index (κ2) is 44.6. The number of aldehydes is 1. The third-order valence-corrected chi connectivity index (χ3v) is 10.9. The summed E-state index contributed by atoms with van der Waals surface area (Å²) in [5.41, 5.74) is 0. The summed E-state index contributed by atoms with van der Waals surface area (Å²) in [6, 6.07) is 0. The number of hydrogen-bond donors (Lipinski definition) is 0. The number of unbranched alkanes of at least 4 members (excludes halogenated alkanes) is 28. The largest absolute Gasteiger partial charge is 0.303 e. The molecule has 0 aliphatic heterocycles. The highest BCUT2D eigenvalue weighted by molar-refractivity contribution is 5.93.